The fourth-order valence-corrected chi connectivity index (χ4v) is 5.92. The van der Waals surface area contributed by atoms with E-state index >= 15 is 0 Å². The lowest BCUT2D eigenvalue weighted by Crippen LogP contribution is -2.24. The van der Waals surface area contributed by atoms with Gasteiger partial charge in [0.25, 0.3) is 10.1 Å². The van der Waals surface area contributed by atoms with E-state index in [2.05, 4.69) is 84.9 Å². The smallest absolute Gasteiger partial charge is 0.283 e. The predicted octanol–water partition coefficient (Wildman–Crippen LogP) is 7.41. The molecular formula is C27H32FO3S2+. The molecule has 0 spiro atoms. The summed E-state index contributed by atoms with van der Waals surface area (Å²) in [5.41, 5.74) is 1.54. The molecular weight excluding hydrogens is 455 g/mol. The van der Waals surface area contributed by atoms with Crippen molar-refractivity contribution < 1.29 is 17.4 Å². The van der Waals surface area contributed by atoms with Crippen LogP contribution in [0.4, 0.5) is 4.39 Å². The molecule has 3 aromatic rings. The van der Waals surface area contributed by atoms with Crippen LogP contribution in [0, 0.1) is 0 Å². The molecule has 1 aliphatic carbocycles. The van der Waals surface area contributed by atoms with Crippen molar-refractivity contribution in [1.82, 2.24) is 0 Å². The molecule has 0 atom stereocenters. The van der Waals surface area contributed by atoms with Crippen molar-refractivity contribution in [2.24, 2.45) is 0 Å². The number of rotatable bonds is 5. The van der Waals surface area contributed by atoms with Crippen LogP contribution in [0.25, 0.3) is 0 Å². The maximum absolute atomic E-state index is 12.1. The van der Waals surface area contributed by atoms with E-state index in [1.54, 1.807) is 0 Å². The second-order valence-electron chi connectivity index (χ2n) is 8.67. The van der Waals surface area contributed by atoms with E-state index in [0.29, 0.717) is 0 Å². The van der Waals surface area contributed by atoms with E-state index < -0.39 is 15.1 Å². The Bertz CT molecular complexity index is 1050. The lowest BCUT2D eigenvalue weighted by atomic mass is 9.84. The first kappa shape index (κ1) is 25.5. The third kappa shape index (κ3) is 7.16. The second kappa shape index (κ2) is 11.3. The van der Waals surface area contributed by atoms with Gasteiger partial charge in [-0.25, -0.2) is 4.39 Å². The highest BCUT2D eigenvalue weighted by molar-refractivity contribution is 7.97. The first-order valence-corrected chi connectivity index (χ1v) is 13.9. The maximum atomic E-state index is 12.1. The summed E-state index contributed by atoms with van der Waals surface area (Å²) in [6, 6.07) is 31.3. The molecule has 0 heterocycles. The zero-order chi connectivity index (χ0) is 23.9. The summed E-state index contributed by atoms with van der Waals surface area (Å²) in [5.74, 6) is 0.776. The predicted molar refractivity (Wildman–Crippen MR) is 134 cm³/mol. The summed E-state index contributed by atoms with van der Waals surface area (Å²) >= 11 is 0. The van der Waals surface area contributed by atoms with Crippen molar-refractivity contribution >= 4 is 21.0 Å². The Hall–Kier alpha value is -2.15. The fraction of sp³-hybridized carbons (Fsp3) is 0.333. The summed E-state index contributed by atoms with van der Waals surface area (Å²) in [7, 11) is -4.53. The Balaban J connectivity index is 0.000000331. The molecule has 1 aliphatic rings. The van der Waals surface area contributed by atoms with Gasteiger partial charge in [-0.2, -0.15) is 8.42 Å². The van der Waals surface area contributed by atoms with E-state index in [1.807, 2.05) is 0 Å². The number of hydrogen-bond acceptors (Lipinski definition) is 2. The van der Waals surface area contributed by atoms with Gasteiger partial charge in [0.1, 0.15) is 0 Å². The van der Waals surface area contributed by atoms with Crippen LogP contribution >= 0.6 is 0 Å². The zero-order valence-corrected chi connectivity index (χ0v) is 20.8. The van der Waals surface area contributed by atoms with E-state index in [4.69, 9.17) is 4.55 Å². The maximum Gasteiger partial charge on any atom is 0.299 e. The Morgan fingerprint density at radius 2 is 1.15 bits per heavy atom. The molecule has 176 valence electrons. The molecule has 0 aliphatic heterocycles. The van der Waals surface area contributed by atoms with E-state index in [9.17, 15) is 12.8 Å². The molecule has 0 saturated heterocycles. The quantitative estimate of drug-likeness (QED) is 0.301. The molecule has 0 unspecified atom stereocenters. The summed E-state index contributed by atoms with van der Waals surface area (Å²) in [5, 5.41) is -2.53. The van der Waals surface area contributed by atoms with Crippen molar-refractivity contribution in [2.45, 2.75) is 71.6 Å². The topological polar surface area (TPSA) is 54.4 Å². The molecule has 0 radical (unpaired) electrons. The monoisotopic (exact) mass is 487 g/mol. The Kier molecular flexibility index (Phi) is 8.74. The second-order valence-corrected chi connectivity index (χ2v) is 12.6. The lowest BCUT2D eigenvalue weighted by Gasteiger charge is -2.22. The van der Waals surface area contributed by atoms with Crippen molar-refractivity contribution in [3.63, 3.8) is 0 Å². The standard InChI is InChI=1S/C24H25S.C3H7FO3S/c1-4-10-20(11-5-1)21-16-18-24(19-17-21)25(22-12-6-2-7-13-22)23-14-8-3-9-15-23;1-3(2,4)8(5,6)7/h2-3,6-9,12-20H,1,4-5,10-11H2;1-2H3,(H,5,6,7)/q+1;. The van der Waals surface area contributed by atoms with Gasteiger partial charge in [-0.1, -0.05) is 67.8 Å². The fourth-order valence-electron chi connectivity index (χ4n) is 3.83. The molecule has 3 nitrogen and oxygen atoms in total. The number of hydrogen-bond donors (Lipinski definition) is 1. The Labute approximate surface area is 200 Å². The minimum absolute atomic E-state index is 0.0278. The molecule has 3 aromatic carbocycles. The van der Waals surface area contributed by atoms with Crippen molar-refractivity contribution in [3.8, 4) is 0 Å². The largest absolute Gasteiger partial charge is 0.299 e. The van der Waals surface area contributed by atoms with Gasteiger partial charge in [0.2, 0.25) is 5.00 Å². The third-order valence-electron chi connectivity index (χ3n) is 5.76. The van der Waals surface area contributed by atoms with Gasteiger partial charge in [0, 0.05) is 0 Å². The van der Waals surface area contributed by atoms with E-state index in [-0.39, 0.29) is 10.9 Å². The van der Waals surface area contributed by atoms with Crippen molar-refractivity contribution in [1.29, 1.82) is 0 Å². The highest BCUT2D eigenvalue weighted by Crippen LogP contribution is 2.35. The van der Waals surface area contributed by atoms with Gasteiger partial charge < -0.3 is 0 Å². The van der Waals surface area contributed by atoms with Gasteiger partial charge >= 0.3 is 0 Å². The van der Waals surface area contributed by atoms with Gasteiger partial charge in [0.05, 0.1) is 10.9 Å². The molecule has 0 bridgehead atoms. The zero-order valence-electron chi connectivity index (χ0n) is 19.2. The minimum atomic E-state index is -4.51. The average Bonchev–Trinajstić information content (AvgIpc) is 2.81. The molecule has 0 aromatic heterocycles. The van der Waals surface area contributed by atoms with Crippen LogP contribution < -0.4 is 0 Å². The molecule has 1 fully saturated rings. The number of halogens is 1. The van der Waals surface area contributed by atoms with Crippen LogP contribution in [0.2, 0.25) is 0 Å². The first-order chi connectivity index (χ1) is 15.7. The van der Waals surface area contributed by atoms with Gasteiger partial charge in [-0.15, -0.1) is 0 Å². The molecule has 4 rings (SSSR count). The van der Waals surface area contributed by atoms with Crippen LogP contribution in [-0.2, 0) is 21.0 Å². The van der Waals surface area contributed by atoms with Crippen LogP contribution in [0.5, 0.6) is 0 Å². The molecule has 1 saturated carbocycles. The SMILES string of the molecule is CC(C)(F)S(=O)(=O)O.c1ccc([S+](c2ccccc2)c2ccc(C3CCCCC3)cc2)cc1. The normalized spacial score (nSPS) is 15.1. The Morgan fingerprint density at radius 3 is 1.55 bits per heavy atom. The molecule has 1 N–H and O–H groups in total. The molecule has 6 heteroatoms. The third-order valence-corrected chi connectivity index (χ3v) is 9.22. The highest BCUT2D eigenvalue weighted by atomic mass is 32.2. The van der Waals surface area contributed by atoms with Crippen molar-refractivity contribution in [2.75, 3.05) is 0 Å². The van der Waals surface area contributed by atoms with Crippen LogP contribution in [0.15, 0.2) is 99.6 Å². The van der Waals surface area contributed by atoms with Gasteiger partial charge in [-0.05, 0) is 74.6 Å². The minimum Gasteiger partial charge on any atom is -0.283 e. The van der Waals surface area contributed by atoms with Gasteiger partial charge in [0.15, 0.2) is 14.7 Å². The summed E-state index contributed by atoms with van der Waals surface area (Å²) in [6.07, 6.45) is 6.93. The summed E-state index contributed by atoms with van der Waals surface area (Å²) in [4.78, 5) is 4.19. The van der Waals surface area contributed by atoms with Crippen LogP contribution in [-0.4, -0.2) is 18.0 Å². The first-order valence-electron chi connectivity index (χ1n) is 11.3. The van der Waals surface area contributed by atoms with E-state index in [0.717, 1.165) is 19.8 Å². The van der Waals surface area contributed by atoms with E-state index in [1.165, 1.54) is 52.4 Å². The lowest BCUT2D eigenvalue weighted by molar-refractivity contribution is 0.290. The average molecular weight is 488 g/mol. The summed E-state index contributed by atoms with van der Waals surface area (Å²) in [6.45, 7) is 1.53. The molecule has 33 heavy (non-hydrogen) atoms. The number of benzene rings is 3. The van der Waals surface area contributed by atoms with Crippen LogP contribution in [0.3, 0.4) is 0 Å². The number of alkyl halides is 1. The Morgan fingerprint density at radius 1 is 0.758 bits per heavy atom. The van der Waals surface area contributed by atoms with Crippen molar-refractivity contribution in [3.05, 3.63) is 90.5 Å². The highest BCUT2D eigenvalue weighted by Gasteiger charge is 2.31. The van der Waals surface area contributed by atoms with Crippen LogP contribution in [0.1, 0.15) is 57.4 Å². The summed E-state index contributed by atoms with van der Waals surface area (Å²) < 4.78 is 39.7. The molecule has 0 amide bonds. The van der Waals surface area contributed by atoms with Gasteiger partial charge in [-0.3, -0.25) is 4.55 Å².